The molecule has 0 bridgehead atoms. The molecular formula is C24H18N2. The van der Waals surface area contributed by atoms with Crippen LogP contribution in [-0.2, 0) is 6.42 Å². The standard InChI is InChI=1S/C24H18N2/c1-2-8-16(9-3-1)26-23-13-7-5-11-18(23)20-14-19-17-10-4-6-12-21(17)25-22(19)15-24(20)26/h1-6,8-12,14-15,25H,7,13H2. The quantitative estimate of drug-likeness (QED) is 0.375. The molecule has 0 amide bonds. The van der Waals surface area contributed by atoms with Crippen molar-refractivity contribution in [3.05, 3.63) is 84.1 Å². The molecule has 0 aliphatic heterocycles. The van der Waals surface area contributed by atoms with Crippen molar-refractivity contribution < 1.29 is 0 Å². The Bertz CT molecular complexity index is 1320. The summed E-state index contributed by atoms with van der Waals surface area (Å²) in [6.45, 7) is 0. The number of para-hydroxylation sites is 2. The van der Waals surface area contributed by atoms with Crippen molar-refractivity contribution in [1.29, 1.82) is 0 Å². The van der Waals surface area contributed by atoms with Gasteiger partial charge in [-0.3, -0.25) is 0 Å². The number of benzene rings is 3. The smallest absolute Gasteiger partial charge is 0.0558 e. The summed E-state index contributed by atoms with van der Waals surface area (Å²) in [5, 5.41) is 3.95. The zero-order chi connectivity index (χ0) is 17.1. The van der Waals surface area contributed by atoms with Crippen molar-refractivity contribution in [2.75, 3.05) is 0 Å². The van der Waals surface area contributed by atoms with Crippen LogP contribution in [0.25, 0.3) is 44.5 Å². The Labute approximate surface area is 151 Å². The van der Waals surface area contributed by atoms with E-state index >= 15 is 0 Å². The monoisotopic (exact) mass is 334 g/mol. The van der Waals surface area contributed by atoms with E-state index in [1.165, 1.54) is 49.7 Å². The van der Waals surface area contributed by atoms with Crippen molar-refractivity contribution in [3.8, 4) is 5.69 Å². The second-order valence-electron chi connectivity index (χ2n) is 7.06. The number of hydrogen-bond acceptors (Lipinski definition) is 0. The highest BCUT2D eigenvalue weighted by Crippen LogP contribution is 2.37. The number of hydrogen-bond donors (Lipinski definition) is 1. The van der Waals surface area contributed by atoms with Gasteiger partial charge in [0.05, 0.1) is 5.52 Å². The number of rotatable bonds is 1. The third-order valence-corrected chi connectivity index (χ3v) is 5.58. The number of allylic oxidation sites excluding steroid dienone is 1. The Balaban J connectivity index is 1.80. The number of aromatic amines is 1. The van der Waals surface area contributed by atoms with Crippen LogP contribution in [0.4, 0.5) is 0 Å². The Morgan fingerprint density at radius 1 is 0.769 bits per heavy atom. The maximum atomic E-state index is 3.60. The molecule has 0 spiro atoms. The molecule has 3 aromatic carbocycles. The molecule has 0 radical (unpaired) electrons. The summed E-state index contributed by atoms with van der Waals surface area (Å²) >= 11 is 0. The van der Waals surface area contributed by atoms with Crippen LogP contribution < -0.4 is 0 Å². The van der Waals surface area contributed by atoms with Crippen LogP contribution in [0.15, 0.2) is 72.8 Å². The van der Waals surface area contributed by atoms with Crippen LogP contribution in [0.3, 0.4) is 0 Å². The summed E-state index contributed by atoms with van der Waals surface area (Å²) in [5.74, 6) is 0. The van der Waals surface area contributed by atoms with Gasteiger partial charge in [-0.2, -0.15) is 0 Å². The van der Waals surface area contributed by atoms with Gasteiger partial charge in [-0.1, -0.05) is 48.6 Å². The molecule has 2 aromatic heterocycles. The Kier molecular flexibility index (Phi) is 2.75. The topological polar surface area (TPSA) is 20.7 Å². The lowest BCUT2D eigenvalue weighted by atomic mass is 10.0. The molecule has 1 aliphatic carbocycles. The van der Waals surface area contributed by atoms with Gasteiger partial charge >= 0.3 is 0 Å². The average molecular weight is 334 g/mol. The maximum Gasteiger partial charge on any atom is 0.0558 e. The molecule has 2 nitrogen and oxygen atoms in total. The lowest BCUT2D eigenvalue weighted by Crippen LogP contribution is -2.02. The summed E-state index contributed by atoms with van der Waals surface area (Å²) in [6, 6.07) is 24.0. The predicted molar refractivity (Wildman–Crippen MR) is 110 cm³/mol. The lowest BCUT2D eigenvalue weighted by molar-refractivity contribution is 0.889. The number of H-pyrrole nitrogens is 1. The van der Waals surface area contributed by atoms with Crippen molar-refractivity contribution in [2.24, 2.45) is 0 Å². The van der Waals surface area contributed by atoms with Crippen molar-refractivity contribution in [3.63, 3.8) is 0 Å². The molecule has 2 heteroatoms. The Morgan fingerprint density at radius 3 is 2.54 bits per heavy atom. The fourth-order valence-electron chi connectivity index (χ4n) is 4.43. The lowest BCUT2D eigenvalue weighted by Gasteiger charge is -2.13. The zero-order valence-corrected chi connectivity index (χ0v) is 14.4. The van der Waals surface area contributed by atoms with Gasteiger partial charge in [0.15, 0.2) is 0 Å². The summed E-state index contributed by atoms with van der Waals surface area (Å²) < 4.78 is 2.44. The number of nitrogens with one attached hydrogen (secondary N) is 1. The molecule has 6 rings (SSSR count). The van der Waals surface area contributed by atoms with Gasteiger partial charge in [0.25, 0.3) is 0 Å². The summed E-state index contributed by atoms with van der Waals surface area (Å²) in [6.07, 6.45) is 6.80. The van der Waals surface area contributed by atoms with Gasteiger partial charge in [-0.25, -0.2) is 0 Å². The van der Waals surface area contributed by atoms with E-state index in [9.17, 15) is 0 Å². The molecule has 2 heterocycles. The van der Waals surface area contributed by atoms with Crippen molar-refractivity contribution in [2.45, 2.75) is 12.8 Å². The van der Waals surface area contributed by atoms with E-state index in [0.29, 0.717) is 0 Å². The summed E-state index contributed by atoms with van der Waals surface area (Å²) in [7, 11) is 0. The molecule has 5 aromatic rings. The minimum absolute atomic E-state index is 1.09. The number of nitrogens with zero attached hydrogens (tertiary/aromatic N) is 1. The third kappa shape index (κ3) is 1.81. The molecule has 124 valence electrons. The Morgan fingerprint density at radius 2 is 1.62 bits per heavy atom. The highest BCUT2D eigenvalue weighted by Gasteiger charge is 2.19. The van der Waals surface area contributed by atoms with Gasteiger partial charge in [0.2, 0.25) is 0 Å². The minimum atomic E-state index is 1.09. The van der Waals surface area contributed by atoms with Crippen LogP contribution in [0.5, 0.6) is 0 Å². The van der Waals surface area contributed by atoms with E-state index in [0.717, 1.165) is 12.8 Å². The normalized spacial score (nSPS) is 13.7. The molecule has 0 saturated carbocycles. The molecule has 1 aliphatic rings. The fraction of sp³-hybridized carbons (Fsp3) is 0.0833. The zero-order valence-electron chi connectivity index (χ0n) is 14.4. The van der Waals surface area contributed by atoms with E-state index in [2.05, 4.69) is 88.4 Å². The van der Waals surface area contributed by atoms with Gasteiger partial charge in [0.1, 0.15) is 0 Å². The molecule has 0 unspecified atom stereocenters. The average Bonchev–Trinajstić information content (AvgIpc) is 3.22. The van der Waals surface area contributed by atoms with E-state index in [4.69, 9.17) is 0 Å². The van der Waals surface area contributed by atoms with E-state index in [1.54, 1.807) is 0 Å². The summed E-state index contributed by atoms with van der Waals surface area (Å²) in [5.41, 5.74) is 7.73. The molecule has 0 atom stereocenters. The van der Waals surface area contributed by atoms with Gasteiger partial charge < -0.3 is 9.55 Å². The van der Waals surface area contributed by atoms with Crippen LogP contribution >= 0.6 is 0 Å². The molecule has 26 heavy (non-hydrogen) atoms. The first-order chi connectivity index (χ1) is 12.9. The first-order valence-electron chi connectivity index (χ1n) is 9.20. The van der Waals surface area contributed by atoms with Crippen LogP contribution in [0, 0.1) is 0 Å². The molecule has 1 N–H and O–H groups in total. The van der Waals surface area contributed by atoms with Crippen LogP contribution in [0.1, 0.15) is 17.7 Å². The summed E-state index contributed by atoms with van der Waals surface area (Å²) in [4.78, 5) is 3.60. The number of aromatic nitrogens is 2. The Hall–Kier alpha value is -3.26. The highest BCUT2D eigenvalue weighted by molar-refractivity contribution is 6.13. The molecule has 0 saturated heterocycles. The largest absolute Gasteiger partial charge is 0.354 e. The second-order valence-corrected chi connectivity index (χ2v) is 7.06. The van der Waals surface area contributed by atoms with Crippen LogP contribution in [-0.4, -0.2) is 9.55 Å². The predicted octanol–water partition coefficient (Wildman–Crippen LogP) is 6.22. The van der Waals surface area contributed by atoms with Crippen molar-refractivity contribution >= 4 is 38.8 Å². The van der Waals surface area contributed by atoms with Gasteiger partial charge in [-0.15, -0.1) is 0 Å². The van der Waals surface area contributed by atoms with E-state index in [-0.39, 0.29) is 0 Å². The van der Waals surface area contributed by atoms with E-state index < -0.39 is 0 Å². The van der Waals surface area contributed by atoms with E-state index in [1.807, 2.05) is 0 Å². The molecule has 0 fully saturated rings. The first-order valence-corrected chi connectivity index (χ1v) is 9.20. The molecular weight excluding hydrogens is 316 g/mol. The third-order valence-electron chi connectivity index (χ3n) is 5.58. The van der Waals surface area contributed by atoms with Crippen molar-refractivity contribution in [1.82, 2.24) is 9.55 Å². The van der Waals surface area contributed by atoms with Gasteiger partial charge in [0, 0.05) is 44.1 Å². The highest BCUT2D eigenvalue weighted by atomic mass is 15.0. The minimum Gasteiger partial charge on any atom is -0.354 e. The second kappa shape index (κ2) is 5.12. The SMILES string of the molecule is C1=Cc2c(n(-c3ccccc3)c3cc4[nH]c5ccccc5c4cc23)CC1. The first kappa shape index (κ1) is 14.0. The fourth-order valence-corrected chi connectivity index (χ4v) is 4.43. The van der Waals surface area contributed by atoms with Gasteiger partial charge in [-0.05, 0) is 43.2 Å². The maximum absolute atomic E-state index is 3.60. The van der Waals surface area contributed by atoms with Crippen LogP contribution in [0.2, 0.25) is 0 Å². The number of fused-ring (bicyclic) bond motifs is 6.